The van der Waals surface area contributed by atoms with E-state index in [1.54, 1.807) is 0 Å². The maximum Gasteiger partial charge on any atom is 0.0205 e. The Morgan fingerprint density at radius 1 is 1.00 bits per heavy atom. The van der Waals surface area contributed by atoms with Crippen LogP contribution in [0.2, 0.25) is 0 Å². The Bertz CT molecular complexity index is 302. The van der Waals surface area contributed by atoms with Crippen LogP contribution in [0.15, 0.2) is 30.3 Å². The molecule has 0 unspecified atom stereocenters. The van der Waals surface area contributed by atoms with Gasteiger partial charge < -0.3 is 22.1 Å². The number of unbranched alkanes of at least 4 members (excludes halogenated alkanes) is 1. The first-order chi connectivity index (χ1) is 9.33. The quantitative estimate of drug-likeness (QED) is 0.446. The van der Waals surface area contributed by atoms with Gasteiger partial charge in [0.2, 0.25) is 0 Å². The van der Waals surface area contributed by atoms with Crippen LogP contribution in [0.25, 0.3) is 0 Å². The van der Waals surface area contributed by atoms with Crippen LogP contribution in [0.1, 0.15) is 24.8 Å². The highest BCUT2D eigenvalue weighted by molar-refractivity contribution is 5.14. The molecule has 0 radical (unpaired) electrons. The van der Waals surface area contributed by atoms with E-state index in [2.05, 4.69) is 34.9 Å². The first-order valence-electron chi connectivity index (χ1n) is 7.24. The molecule has 0 aliphatic rings. The van der Waals surface area contributed by atoms with Crippen LogP contribution in [-0.4, -0.2) is 32.2 Å². The molecule has 6 N–H and O–H groups in total. The molecule has 0 amide bonds. The Morgan fingerprint density at radius 3 is 2.53 bits per heavy atom. The van der Waals surface area contributed by atoms with Crippen LogP contribution < -0.4 is 22.1 Å². The average molecular weight is 264 g/mol. The van der Waals surface area contributed by atoms with Crippen molar-refractivity contribution in [3.8, 4) is 0 Å². The standard InChI is InChI=1S/C15H28N4/c16-9-11-19-13-15(17)8-4-5-10-18-12-14-6-2-1-3-7-14/h1-3,6-7,15,18-19H,4-5,8-13,16-17H2/t15-/m0/s1. The topological polar surface area (TPSA) is 76.1 Å². The minimum Gasteiger partial charge on any atom is -0.329 e. The molecule has 1 atom stereocenters. The van der Waals surface area contributed by atoms with Crippen LogP contribution in [0, 0.1) is 0 Å². The van der Waals surface area contributed by atoms with E-state index in [-0.39, 0.29) is 6.04 Å². The van der Waals surface area contributed by atoms with Gasteiger partial charge in [-0.05, 0) is 24.9 Å². The zero-order valence-electron chi connectivity index (χ0n) is 11.8. The molecule has 0 aliphatic heterocycles. The molecule has 0 bridgehead atoms. The van der Waals surface area contributed by atoms with E-state index in [1.807, 2.05) is 6.07 Å². The van der Waals surface area contributed by atoms with Gasteiger partial charge in [-0.2, -0.15) is 0 Å². The lowest BCUT2D eigenvalue weighted by atomic mass is 10.1. The summed E-state index contributed by atoms with van der Waals surface area (Å²) >= 11 is 0. The molecule has 4 nitrogen and oxygen atoms in total. The molecule has 1 aromatic carbocycles. The Morgan fingerprint density at radius 2 is 1.79 bits per heavy atom. The maximum atomic E-state index is 6.00. The second-order valence-electron chi connectivity index (χ2n) is 4.91. The van der Waals surface area contributed by atoms with Gasteiger partial charge in [-0.3, -0.25) is 0 Å². The number of hydrogen-bond donors (Lipinski definition) is 4. The molecule has 0 heterocycles. The number of hydrogen-bond acceptors (Lipinski definition) is 4. The van der Waals surface area contributed by atoms with Crippen LogP contribution in [0.5, 0.6) is 0 Å². The second kappa shape index (κ2) is 10.9. The molecule has 0 saturated carbocycles. The van der Waals surface area contributed by atoms with Gasteiger partial charge in [0.1, 0.15) is 0 Å². The van der Waals surface area contributed by atoms with Crippen molar-refractivity contribution in [2.24, 2.45) is 11.5 Å². The molecule has 4 heteroatoms. The number of benzene rings is 1. The first-order valence-corrected chi connectivity index (χ1v) is 7.24. The SMILES string of the molecule is NCCNC[C@@H](N)CCCCNCc1ccccc1. The summed E-state index contributed by atoms with van der Waals surface area (Å²) in [5.74, 6) is 0. The van der Waals surface area contributed by atoms with Crippen LogP contribution in [-0.2, 0) is 6.54 Å². The van der Waals surface area contributed by atoms with Gasteiger partial charge in [-0.25, -0.2) is 0 Å². The average Bonchev–Trinajstić information content (AvgIpc) is 2.44. The molecule has 1 rings (SSSR count). The van der Waals surface area contributed by atoms with Crippen molar-refractivity contribution in [2.45, 2.75) is 31.8 Å². The smallest absolute Gasteiger partial charge is 0.0205 e. The molecule has 108 valence electrons. The summed E-state index contributed by atoms with van der Waals surface area (Å²) in [7, 11) is 0. The summed E-state index contributed by atoms with van der Waals surface area (Å²) in [6, 6.07) is 10.7. The highest BCUT2D eigenvalue weighted by atomic mass is 14.9. The fourth-order valence-electron chi connectivity index (χ4n) is 1.98. The van der Waals surface area contributed by atoms with E-state index < -0.39 is 0 Å². The first kappa shape index (κ1) is 16.1. The van der Waals surface area contributed by atoms with E-state index in [0.29, 0.717) is 6.54 Å². The third kappa shape index (κ3) is 8.72. The highest BCUT2D eigenvalue weighted by Crippen LogP contribution is 1.99. The second-order valence-corrected chi connectivity index (χ2v) is 4.91. The molecular formula is C15H28N4. The lowest BCUT2D eigenvalue weighted by molar-refractivity contribution is 0.510. The lowest BCUT2D eigenvalue weighted by Gasteiger charge is -2.12. The summed E-state index contributed by atoms with van der Waals surface area (Å²) in [6.07, 6.45) is 3.43. The van der Waals surface area contributed by atoms with Gasteiger partial charge in [0.25, 0.3) is 0 Å². The molecule has 19 heavy (non-hydrogen) atoms. The Hall–Kier alpha value is -0.940. The zero-order valence-corrected chi connectivity index (χ0v) is 11.8. The van der Waals surface area contributed by atoms with Gasteiger partial charge in [0.15, 0.2) is 0 Å². The monoisotopic (exact) mass is 264 g/mol. The summed E-state index contributed by atoms with van der Waals surface area (Å²) < 4.78 is 0. The molecule has 0 aliphatic carbocycles. The predicted molar refractivity (Wildman–Crippen MR) is 81.9 cm³/mol. The Balaban J connectivity index is 1.91. The Labute approximate surface area is 116 Å². The van der Waals surface area contributed by atoms with Crippen molar-refractivity contribution in [2.75, 3.05) is 26.2 Å². The number of rotatable bonds is 11. The van der Waals surface area contributed by atoms with Crippen LogP contribution >= 0.6 is 0 Å². The molecule has 0 aromatic heterocycles. The molecule has 0 spiro atoms. The van der Waals surface area contributed by atoms with Gasteiger partial charge in [-0.1, -0.05) is 36.8 Å². The molecule has 0 fully saturated rings. The van der Waals surface area contributed by atoms with Crippen LogP contribution in [0.4, 0.5) is 0 Å². The minimum atomic E-state index is 0.251. The van der Waals surface area contributed by atoms with E-state index in [9.17, 15) is 0 Å². The molecule has 0 saturated heterocycles. The summed E-state index contributed by atoms with van der Waals surface area (Å²) in [5, 5.41) is 6.70. The predicted octanol–water partition coefficient (Wildman–Crippen LogP) is 0.822. The maximum absolute atomic E-state index is 6.00. The summed E-state index contributed by atoms with van der Waals surface area (Å²) in [5.41, 5.74) is 12.7. The lowest BCUT2D eigenvalue weighted by Crippen LogP contribution is -2.36. The van der Waals surface area contributed by atoms with Gasteiger partial charge in [0.05, 0.1) is 0 Å². The van der Waals surface area contributed by atoms with Crippen molar-refractivity contribution in [1.82, 2.24) is 10.6 Å². The largest absolute Gasteiger partial charge is 0.329 e. The van der Waals surface area contributed by atoms with Gasteiger partial charge in [0, 0.05) is 32.2 Å². The van der Waals surface area contributed by atoms with Gasteiger partial charge >= 0.3 is 0 Å². The van der Waals surface area contributed by atoms with E-state index >= 15 is 0 Å². The highest BCUT2D eigenvalue weighted by Gasteiger charge is 2.01. The summed E-state index contributed by atoms with van der Waals surface area (Å²) in [6.45, 7) is 4.40. The fourth-order valence-corrected chi connectivity index (χ4v) is 1.98. The third-order valence-corrected chi connectivity index (χ3v) is 3.08. The molecular weight excluding hydrogens is 236 g/mol. The van der Waals surface area contributed by atoms with Crippen molar-refractivity contribution >= 4 is 0 Å². The van der Waals surface area contributed by atoms with Crippen molar-refractivity contribution in [3.05, 3.63) is 35.9 Å². The minimum absolute atomic E-state index is 0.251. The molecule has 1 aromatic rings. The fraction of sp³-hybridized carbons (Fsp3) is 0.600. The Kier molecular flexibility index (Phi) is 9.27. The third-order valence-electron chi connectivity index (χ3n) is 3.08. The van der Waals surface area contributed by atoms with Crippen LogP contribution in [0.3, 0.4) is 0 Å². The van der Waals surface area contributed by atoms with Gasteiger partial charge in [-0.15, -0.1) is 0 Å². The van der Waals surface area contributed by atoms with Crippen molar-refractivity contribution in [1.29, 1.82) is 0 Å². The zero-order chi connectivity index (χ0) is 13.8. The van der Waals surface area contributed by atoms with E-state index in [1.165, 1.54) is 18.4 Å². The normalized spacial score (nSPS) is 12.5. The van der Waals surface area contributed by atoms with E-state index in [4.69, 9.17) is 11.5 Å². The number of nitrogens with one attached hydrogen (secondary N) is 2. The van der Waals surface area contributed by atoms with Crippen molar-refractivity contribution in [3.63, 3.8) is 0 Å². The summed E-state index contributed by atoms with van der Waals surface area (Å²) in [4.78, 5) is 0. The van der Waals surface area contributed by atoms with E-state index in [0.717, 1.165) is 32.6 Å². The number of nitrogens with two attached hydrogens (primary N) is 2. The van der Waals surface area contributed by atoms with Crippen molar-refractivity contribution < 1.29 is 0 Å².